The first-order chi connectivity index (χ1) is 5.81. The smallest absolute Gasteiger partial charge is 0.161 e. The second-order valence-corrected chi connectivity index (χ2v) is 3.32. The SMILES string of the molecule is CCn1cnc2ccc(Br)nc21. The highest BCUT2D eigenvalue weighted by Crippen LogP contribution is 2.13. The summed E-state index contributed by atoms with van der Waals surface area (Å²) in [6, 6.07) is 3.86. The molecule has 0 radical (unpaired) electrons. The molecule has 0 atom stereocenters. The standard InChI is InChI=1S/C8H8BrN3/c1-2-12-5-10-6-3-4-7(9)11-8(6)12/h3-5H,2H2,1H3. The summed E-state index contributed by atoms with van der Waals surface area (Å²) in [6.07, 6.45) is 1.81. The van der Waals surface area contributed by atoms with Crippen molar-refractivity contribution in [3.05, 3.63) is 23.1 Å². The van der Waals surface area contributed by atoms with Crippen molar-refractivity contribution in [1.82, 2.24) is 14.5 Å². The Morgan fingerprint density at radius 1 is 1.50 bits per heavy atom. The molecule has 0 aliphatic heterocycles. The van der Waals surface area contributed by atoms with E-state index in [0.717, 1.165) is 22.3 Å². The van der Waals surface area contributed by atoms with Gasteiger partial charge in [-0.3, -0.25) is 0 Å². The number of rotatable bonds is 1. The fraction of sp³-hybridized carbons (Fsp3) is 0.250. The molecule has 2 aromatic rings. The molecule has 0 aliphatic rings. The van der Waals surface area contributed by atoms with Crippen molar-refractivity contribution >= 4 is 27.1 Å². The van der Waals surface area contributed by atoms with Crippen LogP contribution < -0.4 is 0 Å². The van der Waals surface area contributed by atoms with Gasteiger partial charge in [0.1, 0.15) is 10.1 Å². The van der Waals surface area contributed by atoms with Gasteiger partial charge in [-0.2, -0.15) is 0 Å². The number of aryl methyl sites for hydroxylation is 1. The van der Waals surface area contributed by atoms with Gasteiger partial charge in [0.25, 0.3) is 0 Å². The van der Waals surface area contributed by atoms with Crippen LogP contribution in [0.4, 0.5) is 0 Å². The zero-order valence-electron chi connectivity index (χ0n) is 6.66. The topological polar surface area (TPSA) is 30.7 Å². The first-order valence-corrected chi connectivity index (χ1v) is 4.58. The summed E-state index contributed by atoms with van der Waals surface area (Å²) in [6.45, 7) is 2.98. The van der Waals surface area contributed by atoms with Gasteiger partial charge in [-0.15, -0.1) is 0 Å². The summed E-state index contributed by atoms with van der Waals surface area (Å²) < 4.78 is 2.87. The van der Waals surface area contributed by atoms with Gasteiger partial charge < -0.3 is 4.57 Å². The van der Waals surface area contributed by atoms with Crippen LogP contribution in [0.15, 0.2) is 23.1 Å². The Kier molecular flexibility index (Phi) is 1.84. The second-order valence-electron chi connectivity index (χ2n) is 2.51. The Hall–Kier alpha value is -0.900. The highest BCUT2D eigenvalue weighted by atomic mass is 79.9. The molecule has 0 aliphatic carbocycles. The summed E-state index contributed by atoms with van der Waals surface area (Å²) in [5.41, 5.74) is 1.88. The molecule has 2 aromatic heterocycles. The van der Waals surface area contributed by atoms with E-state index < -0.39 is 0 Å². The van der Waals surface area contributed by atoms with Crippen LogP contribution >= 0.6 is 15.9 Å². The lowest BCUT2D eigenvalue weighted by atomic mass is 10.4. The molecule has 2 rings (SSSR count). The fourth-order valence-corrected chi connectivity index (χ4v) is 1.45. The van der Waals surface area contributed by atoms with E-state index in [1.54, 1.807) is 0 Å². The second kappa shape index (κ2) is 2.86. The highest BCUT2D eigenvalue weighted by molar-refractivity contribution is 9.10. The molecule has 0 saturated carbocycles. The van der Waals surface area contributed by atoms with Crippen LogP contribution in [-0.2, 0) is 6.54 Å². The van der Waals surface area contributed by atoms with Gasteiger partial charge in [0.05, 0.1) is 6.33 Å². The van der Waals surface area contributed by atoms with Gasteiger partial charge in [-0.1, -0.05) is 0 Å². The van der Waals surface area contributed by atoms with Crippen molar-refractivity contribution in [3.8, 4) is 0 Å². The maximum Gasteiger partial charge on any atom is 0.161 e. The van der Waals surface area contributed by atoms with Crippen molar-refractivity contribution in [1.29, 1.82) is 0 Å². The maximum atomic E-state index is 4.32. The molecule has 0 saturated heterocycles. The van der Waals surface area contributed by atoms with Gasteiger partial charge in [0.2, 0.25) is 0 Å². The van der Waals surface area contributed by atoms with E-state index in [0.29, 0.717) is 0 Å². The molecule has 62 valence electrons. The van der Waals surface area contributed by atoms with Gasteiger partial charge in [0, 0.05) is 6.54 Å². The van der Waals surface area contributed by atoms with E-state index >= 15 is 0 Å². The summed E-state index contributed by atoms with van der Waals surface area (Å²) in [5.74, 6) is 0. The predicted octanol–water partition coefficient (Wildman–Crippen LogP) is 2.21. The van der Waals surface area contributed by atoms with E-state index in [4.69, 9.17) is 0 Å². The molecule has 0 amide bonds. The largest absolute Gasteiger partial charge is 0.316 e. The monoisotopic (exact) mass is 225 g/mol. The summed E-state index contributed by atoms with van der Waals surface area (Å²) >= 11 is 3.33. The first-order valence-electron chi connectivity index (χ1n) is 3.78. The van der Waals surface area contributed by atoms with Gasteiger partial charge in [-0.05, 0) is 35.0 Å². The normalized spacial score (nSPS) is 10.8. The Balaban J connectivity index is 2.75. The number of hydrogen-bond donors (Lipinski definition) is 0. The minimum absolute atomic E-state index is 0.852. The van der Waals surface area contributed by atoms with E-state index in [1.165, 1.54) is 0 Å². The Morgan fingerprint density at radius 3 is 3.08 bits per heavy atom. The number of nitrogens with zero attached hydrogens (tertiary/aromatic N) is 3. The zero-order chi connectivity index (χ0) is 8.55. The molecule has 0 N–H and O–H groups in total. The average Bonchev–Trinajstić information content (AvgIpc) is 2.46. The number of hydrogen-bond acceptors (Lipinski definition) is 2. The number of imidazole rings is 1. The van der Waals surface area contributed by atoms with Crippen molar-refractivity contribution < 1.29 is 0 Å². The zero-order valence-corrected chi connectivity index (χ0v) is 8.24. The summed E-state index contributed by atoms with van der Waals surface area (Å²) in [5, 5.41) is 0. The molecule has 0 aromatic carbocycles. The molecular formula is C8H8BrN3. The van der Waals surface area contributed by atoms with Crippen LogP contribution in [0.1, 0.15) is 6.92 Å². The molecule has 12 heavy (non-hydrogen) atoms. The maximum absolute atomic E-state index is 4.32. The minimum atomic E-state index is 0.852. The molecule has 0 fully saturated rings. The van der Waals surface area contributed by atoms with Gasteiger partial charge in [-0.25, -0.2) is 9.97 Å². The molecule has 0 spiro atoms. The predicted molar refractivity (Wildman–Crippen MR) is 50.9 cm³/mol. The lowest BCUT2D eigenvalue weighted by Gasteiger charge is -1.96. The third kappa shape index (κ3) is 1.12. The summed E-state index contributed by atoms with van der Waals surface area (Å²) in [4.78, 5) is 8.53. The number of fused-ring (bicyclic) bond motifs is 1. The van der Waals surface area contributed by atoms with E-state index in [1.807, 2.05) is 23.0 Å². The van der Waals surface area contributed by atoms with Crippen molar-refractivity contribution in [2.24, 2.45) is 0 Å². The van der Waals surface area contributed by atoms with Crippen LogP contribution in [0.3, 0.4) is 0 Å². The van der Waals surface area contributed by atoms with Crippen LogP contribution in [0.25, 0.3) is 11.2 Å². The molecule has 3 nitrogen and oxygen atoms in total. The fourth-order valence-electron chi connectivity index (χ4n) is 1.15. The van der Waals surface area contributed by atoms with E-state index in [2.05, 4.69) is 32.8 Å². The van der Waals surface area contributed by atoms with Gasteiger partial charge >= 0.3 is 0 Å². The Bertz CT molecular complexity index is 408. The van der Waals surface area contributed by atoms with Crippen LogP contribution in [0.5, 0.6) is 0 Å². The lowest BCUT2D eigenvalue weighted by Crippen LogP contribution is -1.92. The lowest BCUT2D eigenvalue weighted by molar-refractivity contribution is 0.777. The number of pyridine rings is 1. The van der Waals surface area contributed by atoms with E-state index in [9.17, 15) is 0 Å². The molecular weight excluding hydrogens is 218 g/mol. The molecule has 2 heterocycles. The molecule has 0 bridgehead atoms. The highest BCUT2D eigenvalue weighted by Gasteiger charge is 2.01. The number of aromatic nitrogens is 3. The Morgan fingerprint density at radius 2 is 2.33 bits per heavy atom. The van der Waals surface area contributed by atoms with Crippen LogP contribution in [0.2, 0.25) is 0 Å². The average molecular weight is 226 g/mol. The van der Waals surface area contributed by atoms with Crippen molar-refractivity contribution in [2.45, 2.75) is 13.5 Å². The van der Waals surface area contributed by atoms with Crippen LogP contribution in [0, 0.1) is 0 Å². The van der Waals surface area contributed by atoms with Crippen LogP contribution in [-0.4, -0.2) is 14.5 Å². The quantitative estimate of drug-likeness (QED) is 0.698. The molecule has 4 heteroatoms. The Labute approximate surface area is 78.6 Å². The van der Waals surface area contributed by atoms with Crippen molar-refractivity contribution in [2.75, 3.05) is 0 Å². The summed E-state index contributed by atoms with van der Waals surface area (Å²) in [7, 11) is 0. The minimum Gasteiger partial charge on any atom is -0.316 e. The third-order valence-electron chi connectivity index (χ3n) is 1.77. The van der Waals surface area contributed by atoms with E-state index in [-0.39, 0.29) is 0 Å². The van der Waals surface area contributed by atoms with Gasteiger partial charge in [0.15, 0.2) is 5.65 Å². The third-order valence-corrected chi connectivity index (χ3v) is 2.21. The first kappa shape index (κ1) is 7.73. The number of halogens is 1. The van der Waals surface area contributed by atoms with Crippen molar-refractivity contribution in [3.63, 3.8) is 0 Å². The molecule has 0 unspecified atom stereocenters.